The largest absolute Gasteiger partial charge is 0.256 e. The molecule has 18 heavy (non-hydrogen) atoms. The van der Waals surface area contributed by atoms with Crippen molar-refractivity contribution in [2.75, 3.05) is 0 Å². The second kappa shape index (κ2) is 4.43. The van der Waals surface area contributed by atoms with Crippen LogP contribution >= 0.6 is 11.6 Å². The molecule has 0 radical (unpaired) electrons. The molecule has 0 spiro atoms. The van der Waals surface area contributed by atoms with Gasteiger partial charge in [0.05, 0.1) is 5.52 Å². The maximum absolute atomic E-state index is 6.08. The van der Waals surface area contributed by atoms with Gasteiger partial charge in [-0.25, -0.2) is 0 Å². The lowest BCUT2D eigenvalue weighted by molar-refractivity contribution is 1.41. The predicted molar refractivity (Wildman–Crippen MR) is 76.9 cm³/mol. The molecule has 0 aliphatic heterocycles. The van der Waals surface area contributed by atoms with Gasteiger partial charge in [-0.2, -0.15) is 0 Å². The van der Waals surface area contributed by atoms with Crippen molar-refractivity contribution in [3.63, 3.8) is 0 Å². The van der Waals surface area contributed by atoms with Crippen LogP contribution in [0.4, 0.5) is 0 Å². The van der Waals surface area contributed by atoms with Crippen molar-refractivity contribution < 1.29 is 0 Å². The monoisotopic (exact) mass is 253 g/mol. The van der Waals surface area contributed by atoms with Crippen LogP contribution in [0.5, 0.6) is 0 Å². The maximum atomic E-state index is 6.08. The fraction of sp³-hybridized carbons (Fsp3) is 0.0625. The summed E-state index contributed by atoms with van der Waals surface area (Å²) in [6, 6.07) is 16.3. The Bertz CT molecular complexity index is 702. The van der Waals surface area contributed by atoms with E-state index in [1.54, 1.807) is 0 Å². The van der Waals surface area contributed by atoms with E-state index < -0.39 is 0 Å². The normalized spacial score (nSPS) is 10.8. The lowest BCUT2D eigenvalue weighted by Gasteiger charge is -2.07. The standard InChI is InChI=1S/C16H12ClN/c1-11-2-4-12(5-3-11)14-8-9-18-16-7-6-13(17)10-15(14)16/h2-10H,1H3. The van der Waals surface area contributed by atoms with Crippen molar-refractivity contribution in [2.45, 2.75) is 6.92 Å². The first-order valence-electron chi connectivity index (χ1n) is 5.85. The molecule has 0 aliphatic rings. The number of benzene rings is 2. The van der Waals surface area contributed by atoms with Crippen LogP contribution in [-0.4, -0.2) is 4.98 Å². The van der Waals surface area contributed by atoms with E-state index in [-0.39, 0.29) is 0 Å². The van der Waals surface area contributed by atoms with Crippen LogP contribution in [0.3, 0.4) is 0 Å². The SMILES string of the molecule is Cc1ccc(-c2ccnc3ccc(Cl)cc23)cc1. The summed E-state index contributed by atoms with van der Waals surface area (Å²) in [6.45, 7) is 2.09. The van der Waals surface area contributed by atoms with Gasteiger partial charge in [-0.05, 0) is 42.3 Å². The van der Waals surface area contributed by atoms with Gasteiger partial charge in [0.15, 0.2) is 0 Å². The lowest BCUT2D eigenvalue weighted by Crippen LogP contribution is -1.84. The van der Waals surface area contributed by atoms with Crippen LogP contribution < -0.4 is 0 Å². The number of pyridine rings is 1. The van der Waals surface area contributed by atoms with Crippen molar-refractivity contribution in [1.29, 1.82) is 0 Å². The molecule has 88 valence electrons. The molecule has 3 aromatic rings. The Morgan fingerprint density at radius 3 is 2.50 bits per heavy atom. The molecule has 0 unspecified atom stereocenters. The first-order chi connectivity index (χ1) is 8.74. The van der Waals surface area contributed by atoms with E-state index in [9.17, 15) is 0 Å². The summed E-state index contributed by atoms with van der Waals surface area (Å²) in [5.74, 6) is 0. The molecule has 1 heterocycles. The summed E-state index contributed by atoms with van der Waals surface area (Å²) < 4.78 is 0. The number of hydrogen-bond acceptors (Lipinski definition) is 1. The van der Waals surface area contributed by atoms with Gasteiger partial charge in [0.1, 0.15) is 0 Å². The molecule has 0 saturated heterocycles. The van der Waals surface area contributed by atoms with Gasteiger partial charge in [-0.15, -0.1) is 0 Å². The summed E-state index contributed by atoms with van der Waals surface area (Å²) in [5.41, 5.74) is 4.59. The van der Waals surface area contributed by atoms with Gasteiger partial charge in [0, 0.05) is 16.6 Å². The number of hydrogen-bond donors (Lipinski definition) is 0. The molecule has 0 fully saturated rings. The van der Waals surface area contributed by atoms with Crippen LogP contribution in [0.1, 0.15) is 5.56 Å². The van der Waals surface area contributed by atoms with E-state index >= 15 is 0 Å². The van der Waals surface area contributed by atoms with Crippen molar-refractivity contribution >= 4 is 22.5 Å². The van der Waals surface area contributed by atoms with E-state index in [1.807, 2.05) is 30.5 Å². The minimum Gasteiger partial charge on any atom is -0.256 e. The molecule has 0 bridgehead atoms. The van der Waals surface area contributed by atoms with E-state index in [4.69, 9.17) is 11.6 Å². The number of fused-ring (bicyclic) bond motifs is 1. The smallest absolute Gasteiger partial charge is 0.0709 e. The number of aromatic nitrogens is 1. The highest BCUT2D eigenvalue weighted by molar-refractivity contribution is 6.31. The van der Waals surface area contributed by atoms with Gasteiger partial charge >= 0.3 is 0 Å². The van der Waals surface area contributed by atoms with Gasteiger partial charge in [0.25, 0.3) is 0 Å². The third kappa shape index (κ3) is 1.98. The minimum absolute atomic E-state index is 0.740. The molecule has 0 N–H and O–H groups in total. The number of nitrogens with zero attached hydrogens (tertiary/aromatic N) is 1. The number of rotatable bonds is 1. The van der Waals surface area contributed by atoms with Gasteiger partial charge < -0.3 is 0 Å². The molecule has 0 aliphatic carbocycles. The zero-order valence-electron chi connectivity index (χ0n) is 10.0. The van der Waals surface area contributed by atoms with Crippen molar-refractivity contribution in [2.24, 2.45) is 0 Å². The highest BCUT2D eigenvalue weighted by Crippen LogP contribution is 2.29. The molecule has 0 atom stereocenters. The predicted octanol–water partition coefficient (Wildman–Crippen LogP) is 4.86. The molecule has 3 rings (SSSR count). The molecule has 1 aromatic heterocycles. The summed E-state index contributed by atoms with van der Waals surface area (Å²) in [7, 11) is 0. The van der Waals surface area contributed by atoms with Crippen LogP contribution in [0.2, 0.25) is 5.02 Å². The molecular weight excluding hydrogens is 242 g/mol. The molecule has 2 heteroatoms. The number of aryl methyl sites for hydroxylation is 1. The fourth-order valence-electron chi connectivity index (χ4n) is 2.10. The summed E-state index contributed by atoms with van der Waals surface area (Å²) in [4.78, 5) is 4.37. The Labute approximate surface area is 111 Å². The third-order valence-electron chi connectivity index (χ3n) is 3.07. The quantitative estimate of drug-likeness (QED) is 0.603. The highest BCUT2D eigenvalue weighted by Gasteiger charge is 2.04. The van der Waals surface area contributed by atoms with Crippen molar-refractivity contribution in [1.82, 2.24) is 4.98 Å². The van der Waals surface area contributed by atoms with Crippen molar-refractivity contribution in [3.05, 3.63) is 65.3 Å². The van der Waals surface area contributed by atoms with Gasteiger partial charge in [-0.3, -0.25) is 4.98 Å². The Kier molecular flexibility index (Phi) is 2.77. The highest BCUT2D eigenvalue weighted by atomic mass is 35.5. The minimum atomic E-state index is 0.740. The van der Waals surface area contributed by atoms with E-state index in [2.05, 4.69) is 36.2 Å². The van der Waals surface area contributed by atoms with Gasteiger partial charge in [-0.1, -0.05) is 41.4 Å². The molecule has 2 aromatic carbocycles. The first-order valence-corrected chi connectivity index (χ1v) is 6.23. The third-order valence-corrected chi connectivity index (χ3v) is 3.30. The maximum Gasteiger partial charge on any atom is 0.0709 e. The lowest BCUT2D eigenvalue weighted by atomic mass is 10.0. The van der Waals surface area contributed by atoms with E-state index in [0.717, 1.165) is 15.9 Å². The summed E-state index contributed by atoms with van der Waals surface area (Å²) >= 11 is 6.08. The Morgan fingerprint density at radius 2 is 1.72 bits per heavy atom. The summed E-state index contributed by atoms with van der Waals surface area (Å²) in [6.07, 6.45) is 1.84. The van der Waals surface area contributed by atoms with Crippen LogP contribution in [0.25, 0.3) is 22.0 Å². The average Bonchev–Trinajstić information content (AvgIpc) is 2.39. The first kappa shape index (κ1) is 11.2. The van der Waals surface area contributed by atoms with E-state index in [1.165, 1.54) is 16.7 Å². The van der Waals surface area contributed by atoms with Crippen LogP contribution in [0, 0.1) is 6.92 Å². The van der Waals surface area contributed by atoms with E-state index in [0.29, 0.717) is 0 Å². The van der Waals surface area contributed by atoms with Crippen molar-refractivity contribution in [3.8, 4) is 11.1 Å². The molecule has 0 amide bonds. The zero-order chi connectivity index (χ0) is 12.5. The average molecular weight is 254 g/mol. The zero-order valence-corrected chi connectivity index (χ0v) is 10.8. The fourth-order valence-corrected chi connectivity index (χ4v) is 2.28. The summed E-state index contributed by atoms with van der Waals surface area (Å²) in [5, 5.41) is 1.83. The topological polar surface area (TPSA) is 12.9 Å². The Morgan fingerprint density at radius 1 is 0.944 bits per heavy atom. The van der Waals surface area contributed by atoms with Crippen LogP contribution in [0.15, 0.2) is 54.7 Å². The Balaban J connectivity index is 2.28. The Hall–Kier alpha value is -1.86. The second-order valence-corrected chi connectivity index (χ2v) is 4.82. The molecule has 0 saturated carbocycles. The molecule has 1 nitrogen and oxygen atoms in total. The number of halogens is 1. The molecular formula is C16H12ClN. The van der Waals surface area contributed by atoms with Gasteiger partial charge in [0.2, 0.25) is 0 Å². The second-order valence-electron chi connectivity index (χ2n) is 4.39. The van der Waals surface area contributed by atoms with Crippen LogP contribution in [-0.2, 0) is 0 Å².